The van der Waals surface area contributed by atoms with Crippen molar-refractivity contribution in [1.29, 1.82) is 0 Å². The SMILES string of the molecule is ClC(Cl)(Cl)c1nc(N/N=C\c2ccc3c(c2)OCO3)c2ccccc2n1. The fourth-order valence-corrected chi connectivity index (χ4v) is 2.70. The molecule has 1 aliphatic rings. The highest BCUT2D eigenvalue weighted by molar-refractivity contribution is 6.66. The average Bonchev–Trinajstić information content (AvgIpc) is 3.08. The van der Waals surface area contributed by atoms with E-state index in [-0.39, 0.29) is 12.6 Å². The van der Waals surface area contributed by atoms with Gasteiger partial charge in [0.15, 0.2) is 23.1 Å². The Balaban J connectivity index is 1.64. The molecule has 4 rings (SSSR count). The molecule has 6 nitrogen and oxygen atoms in total. The standard InChI is InChI=1S/C17H11Cl3N4O2/c18-17(19,20)16-22-12-4-2-1-3-11(12)15(23-16)24-21-8-10-5-6-13-14(7-10)26-9-25-13/h1-8H,9H2,(H,22,23,24)/b21-8-. The number of aromatic nitrogens is 2. The van der Waals surface area contributed by atoms with Gasteiger partial charge in [-0.25, -0.2) is 9.97 Å². The van der Waals surface area contributed by atoms with Crippen LogP contribution in [0.3, 0.4) is 0 Å². The van der Waals surface area contributed by atoms with Crippen LogP contribution in [0.5, 0.6) is 11.5 Å². The fraction of sp³-hybridized carbons (Fsp3) is 0.118. The van der Waals surface area contributed by atoms with E-state index in [1.165, 1.54) is 0 Å². The van der Waals surface area contributed by atoms with Crippen molar-refractivity contribution in [3.05, 3.63) is 53.9 Å². The molecule has 0 fully saturated rings. The summed E-state index contributed by atoms with van der Waals surface area (Å²) in [4.78, 5) is 8.57. The summed E-state index contributed by atoms with van der Waals surface area (Å²) in [6.45, 7) is 0.223. The normalized spacial score (nSPS) is 13.5. The molecule has 1 aromatic heterocycles. The number of fused-ring (bicyclic) bond motifs is 2. The number of benzene rings is 2. The highest BCUT2D eigenvalue weighted by Gasteiger charge is 2.28. The smallest absolute Gasteiger partial charge is 0.250 e. The Morgan fingerprint density at radius 1 is 1.04 bits per heavy atom. The molecule has 0 unspecified atom stereocenters. The number of nitrogens with zero attached hydrogens (tertiary/aromatic N) is 3. The number of hydrogen-bond acceptors (Lipinski definition) is 6. The number of rotatable bonds is 3. The van der Waals surface area contributed by atoms with E-state index in [9.17, 15) is 0 Å². The van der Waals surface area contributed by atoms with E-state index in [1.807, 2.05) is 42.5 Å². The molecule has 3 aromatic rings. The maximum absolute atomic E-state index is 5.93. The zero-order chi connectivity index (χ0) is 18.1. The molecular formula is C17H11Cl3N4O2. The van der Waals surface area contributed by atoms with E-state index < -0.39 is 3.79 Å². The number of ether oxygens (including phenoxy) is 2. The van der Waals surface area contributed by atoms with Crippen molar-refractivity contribution in [2.45, 2.75) is 3.79 Å². The van der Waals surface area contributed by atoms with Crippen molar-refractivity contribution >= 4 is 57.7 Å². The lowest BCUT2D eigenvalue weighted by Gasteiger charge is -2.12. The zero-order valence-electron chi connectivity index (χ0n) is 13.1. The molecular weight excluding hydrogens is 399 g/mol. The fourth-order valence-electron chi connectivity index (χ4n) is 2.45. The topological polar surface area (TPSA) is 68.6 Å². The van der Waals surface area contributed by atoms with E-state index >= 15 is 0 Å². The predicted molar refractivity (Wildman–Crippen MR) is 103 cm³/mol. The van der Waals surface area contributed by atoms with Crippen molar-refractivity contribution < 1.29 is 9.47 Å². The van der Waals surface area contributed by atoms with Crippen molar-refractivity contribution in [3.63, 3.8) is 0 Å². The van der Waals surface area contributed by atoms with Crippen LogP contribution in [0.2, 0.25) is 0 Å². The number of anilines is 1. The molecule has 9 heteroatoms. The average molecular weight is 410 g/mol. The minimum Gasteiger partial charge on any atom is -0.454 e. The van der Waals surface area contributed by atoms with Gasteiger partial charge in [0.25, 0.3) is 0 Å². The number of halogens is 3. The molecule has 0 atom stereocenters. The summed E-state index contributed by atoms with van der Waals surface area (Å²) in [6, 6.07) is 12.9. The molecule has 0 saturated heterocycles. The first kappa shape index (κ1) is 17.1. The van der Waals surface area contributed by atoms with Crippen LogP contribution in [0.1, 0.15) is 11.4 Å². The van der Waals surface area contributed by atoms with Gasteiger partial charge in [-0.3, -0.25) is 5.43 Å². The van der Waals surface area contributed by atoms with Gasteiger partial charge in [0, 0.05) is 5.39 Å². The first-order valence-electron chi connectivity index (χ1n) is 7.53. The van der Waals surface area contributed by atoms with Crippen molar-refractivity contribution in [1.82, 2.24) is 9.97 Å². The van der Waals surface area contributed by atoms with Crippen LogP contribution in [0.15, 0.2) is 47.6 Å². The molecule has 1 aliphatic heterocycles. The van der Waals surface area contributed by atoms with E-state index in [4.69, 9.17) is 44.3 Å². The summed E-state index contributed by atoms with van der Waals surface area (Å²) < 4.78 is 8.89. The quantitative estimate of drug-likeness (QED) is 0.388. The molecule has 26 heavy (non-hydrogen) atoms. The molecule has 0 bridgehead atoms. The second-order valence-electron chi connectivity index (χ2n) is 5.39. The third kappa shape index (κ3) is 3.49. The Morgan fingerprint density at radius 3 is 2.69 bits per heavy atom. The van der Waals surface area contributed by atoms with Crippen LogP contribution in [-0.2, 0) is 3.79 Å². The second-order valence-corrected chi connectivity index (χ2v) is 7.67. The van der Waals surface area contributed by atoms with Crippen molar-refractivity contribution in [2.24, 2.45) is 5.10 Å². The summed E-state index contributed by atoms with van der Waals surface area (Å²) in [5.41, 5.74) is 4.36. The predicted octanol–water partition coefficient (Wildman–Crippen LogP) is 4.63. The number of nitrogens with one attached hydrogen (secondary N) is 1. The van der Waals surface area contributed by atoms with Crippen LogP contribution < -0.4 is 14.9 Å². The minimum atomic E-state index is -1.73. The summed E-state index contributed by atoms with van der Waals surface area (Å²) in [5, 5.41) is 4.98. The van der Waals surface area contributed by atoms with Gasteiger partial charge in [-0.1, -0.05) is 46.9 Å². The lowest BCUT2D eigenvalue weighted by molar-refractivity contribution is 0.174. The largest absolute Gasteiger partial charge is 0.454 e. The first-order chi connectivity index (χ1) is 12.5. The Labute approximate surface area is 163 Å². The lowest BCUT2D eigenvalue weighted by Crippen LogP contribution is -2.09. The van der Waals surface area contributed by atoms with Gasteiger partial charge in [0.1, 0.15) is 0 Å². The highest BCUT2D eigenvalue weighted by Crippen LogP contribution is 2.37. The molecule has 0 saturated carbocycles. The van der Waals surface area contributed by atoms with Gasteiger partial charge in [0.05, 0.1) is 11.7 Å². The van der Waals surface area contributed by atoms with E-state index in [2.05, 4.69) is 20.5 Å². The van der Waals surface area contributed by atoms with E-state index in [0.717, 1.165) is 10.9 Å². The Morgan fingerprint density at radius 2 is 1.85 bits per heavy atom. The van der Waals surface area contributed by atoms with Gasteiger partial charge in [0.2, 0.25) is 10.6 Å². The van der Waals surface area contributed by atoms with Crippen LogP contribution in [0, 0.1) is 0 Å². The van der Waals surface area contributed by atoms with E-state index in [0.29, 0.717) is 22.8 Å². The van der Waals surface area contributed by atoms with Crippen molar-refractivity contribution in [3.8, 4) is 11.5 Å². The lowest BCUT2D eigenvalue weighted by atomic mass is 10.2. The van der Waals surface area contributed by atoms with Crippen LogP contribution in [0.4, 0.5) is 5.82 Å². The molecule has 132 valence electrons. The molecule has 1 N–H and O–H groups in total. The van der Waals surface area contributed by atoms with Crippen LogP contribution in [0.25, 0.3) is 10.9 Å². The Hall–Kier alpha value is -2.28. The van der Waals surface area contributed by atoms with Crippen LogP contribution in [-0.4, -0.2) is 23.0 Å². The molecule has 0 spiro atoms. The Bertz CT molecular complexity index is 1000. The first-order valence-corrected chi connectivity index (χ1v) is 8.67. The van der Waals surface area contributed by atoms with E-state index in [1.54, 1.807) is 6.21 Å². The monoisotopic (exact) mass is 408 g/mol. The van der Waals surface area contributed by atoms with Crippen LogP contribution >= 0.6 is 34.8 Å². The van der Waals surface area contributed by atoms with Gasteiger partial charge in [-0.05, 0) is 35.9 Å². The van der Waals surface area contributed by atoms with Crippen molar-refractivity contribution in [2.75, 3.05) is 12.2 Å². The summed E-state index contributed by atoms with van der Waals surface area (Å²) in [5.74, 6) is 1.90. The minimum absolute atomic E-state index is 0.0713. The molecule has 2 aromatic carbocycles. The third-order valence-corrected chi connectivity index (χ3v) is 4.14. The highest BCUT2D eigenvalue weighted by atomic mass is 35.6. The molecule has 0 amide bonds. The number of hydrazone groups is 1. The summed E-state index contributed by atoms with van der Waals surface area (Å²) >= 11 is 17.8. The van der Waals surface area contributed by atoms with Gasteiger partial charge in [-0.2, -0.15) is 5.10 Å². The summed E-state index contributed by atoms with van der Waals surface area (Å²) in [7, 11) is 0. The molecule has 0 aliphatic carbocycles. The summed E-state index contributed by atoms with van der Waals surface area (Å²) in [6.07, 6.45) is 1.63. The number of para-hydroxylation sites is 1. The van der Waals surface area contributed by atoms with Gasteiger partial charge in [-0.15, -0.1) is 0 Å². The maximum Gasteiger partial charge on any atom is 0.250 e. The van der Waals surface area contributed by atoms with Gasteiger partial charge >= 0.3 is 0 Å². The third-order valence-electron chi connectivity index (χ3n) is 3.64. The number of alkyl halides is 3. The zero-order valence-corrected chi connectivity index (χ0v) is 15.4. The number of hydrogen-bond donors (Lipinski definition) is 1. The maximum atomic E-state index is 5.93. The Kier molecular flexibility index (Phi) is 4.48. The second kappa shape index (κ2) is 6.79. The molecule has 2 heterocycles. The van der Waals surface area contributed by atoms with Gasteiger partial charge < -0.3 is 9.47 Å². The molecule has 0 radical (unpaired) electrons.